The summed E-state index contributed by atoms with van der Waals surface area (Å²) in [5.74, 6) is -0.0309. The van der Waals surface area contributed by atoms with Crippen LogP contribution in [0.25, 0.3) is 0 Å². The summed E-state index contributed by atoms with van der Waals surface area (Å²) < 4.78 is 5.52. The Bertz CT molecular complexity index is 1070. The number of nitrogens with one attached hydrogen (secondary N) is 2. The first-order valence-corrected chi connectivity index (χ1v) is 16.4. The lowest BCUT2D eigenvalue weighted by atomic mass is 10.1. The average molecular weight is 603 g/mol. The molecular formula is C37H54N4O3. The van der Waals surface area contributed by atoms with Crippen LogP contribution in [0.4, 0.5) is 0 Å². The first-order chi connectivity index (χ1) is 21.7. The summed E-state index contributed by atoms with van der Waals surface area (Å²) in [4.78, 5) is 31.1. The monoisotopic (exact) mass is 602 g/mol. The Morgan fingerprint density at radius 3 is 1.91 bits per heavy atom. The maximum Gasteiger partial charge on any atom is 0.252 e. The Morgan fingerprint density at radius 1 is 0.818 bits per heavy atom. The van der Waals surface area contributed by atoms with Gasteiger partial charge in [0, 0.05) is 51.0 Å². The smallest absolute Gasteiger partial charge is 0.252 e. The van der Waals surface area contributed by atoms with Gasteiger partial charge in [0.05, 0.1) is 18.8 Å². The van der Waals surface area contributed by atoms with Crippen LogP contribution in [0.15, 0.2) is 97.4 Å². The lowest BCUT2D eigenvalue weighted by Gasteiger charge is -2.34. The van der Waals surface area contributed by atoms with Crippen molar-refractivity contribution >= 4 is 11.8 Å². The molecule has 0 radical (unpaired) electrons. The van der Waals surface area contributed by atoms with Gasteiger partial charge in [-0.1, -0.05) is 79.8 Å². The molecule has 1 aliphatic heterocycles. The lowest BCUT2D eigenvalue weighted by molar-refractivity contribution is -0.121. The molecule has 2 amide bonds. The van der Waals surface area contributed by atoms with Gasteiger partial charge >= 0.3 is 0 Å². The zero-order valence-corrected chi connectivity index (χ0v) is 26.7. The molecule has 44 heavy (non-hydrogen) atoms. The van der Waals surface area contributed by atoms with E-state index in [9.17, 15) is 9.59 Å². The summed E-state index contributed by atoms with van der Waals surface area (Å²) in [5.41, 5.74) is 0.564. The molecule has 1 saturated heterocycles. The van der Waals surface area contributed by atoms with Crippen LogP contribution < -0.4 is 10.6 Å². The van der Waals surface area contributed by atoms with Gasteiger partial charge in [0.25, 0.3) is 5.91 Å². The summed E-state index contributed by atoms with van der Waals surface area (Å²) in [6.07, 6.45) is 38.2. The van der Waals surface area contributed by atoms with Crippen LogP contribution in [0.5, 0.6) is 0 Å². The van der Waals surface area contributed by atoms with Crippen LogP contribution in [0.2, 0.25) is 0 Å². The highest BCUT2D eigenvalue weighted by molar-refractivity contribution is 5.93. The number of carbonyl (C=O) groups excluding carboxylic acids is 2. The number of hydrogen-bond donors (Lipinski definition) is 2. The van der Waals surface area contributed by atoms with E-state index in [1.54, 1.807) is 24.5 Å². The number of ether oxygens (including phenoxy) is 1. The number of rotatable bonds is 22. The van der Waals surface area contributed by atoms with E-state index in [1.807, 2.05) is 0 Å². The molecule has 1 aliphatic rings. The number of amides is 2. The third kappa shape index (κ3) is 18.9. The van der Waals surface area contributed by atoms with E-state index in [-0.39, 0.29) is 17.9 Å². The van der Waals surface area contributed by atoms with Gasteiger partial charge in [-0.3, -0.25) is 19.5 Å². The fourth-order valence-corrected chi connectivity index (χ4v) is 4.72. The van der Waals surface area contributed by atoms with Crippen molar-refractivity contribution in [3.05, 3.63) is 103 Å². The van der Waals surface area contributed by atoms with Crippen molar-refractivity contribution in [1.29, 1.82) is 0 Å². The SMILES string of the molecule is CC/C=C\C/C=C\C/C=C\C/C=C\C/C=C\C/C=C\CCC(=O)NCCC(CCNC(=O)c1cccnc1)N1CCOCC1. The van der Waals surface area contributed by atoms with Gasteiger partial charge in [0.2, 0.25) is 5.91 Å². The maximum atomic E-state index is 12.4. The average Bonchev–Trinajstić information content (AvgIpc) is 3.05. The molecule has 0 bridgehead atoms. The summed E-state index contributed by atoms with van der Waals surface area (Å²) in [6.45, 7) is 6.54. The predicted octanol–water partition coefficient (Wildman–Crippen LogP) is 6.89. The number of morpholine rings is 1. The second kappa shape index (κ2) is 25.9. The Balaban J connectivity index is 1.53. The van der Waals surface area contributed by atoms with Crippen molar-refractivity contribution in [2.24, 2.45) is 0 Å². The van der Waals surface area contributed by atoms with Crippen LogP contribution in [-0.4, -0.2) is 67.1 Å². The molecule has 7 nitrogen and oxygen atoms in total. The molecule has 1 unspecified atom stereocenters. The van der Waals surface area contributed by atoms with Gasteiger partial charge in [-0.15, -0.1) is 0 Å². The van der Waals surface area contributed by atoms with Crippen LogP contribution in [0.1, 0.15) is 81.5 Å². The molecule has 0 spiro atoms. The second-order valence-corrected chi connectivity index (χ2v) is 10.7. The Kier molecular flexibility index (Phi) is 21.6. The zero-order chi connectivity index (χ0) is 31.3. The molecule has 7 heteroatoms. The number of carbonyl (C=O) groups is 2. The van der Waals surface area contributed by atoms with Crippen molar-refractivity contribution in [2.45, 2.75) is 77.2 Å². The topological polar surface area (TPSA) is 83.6 Å². The molecule has 2 rings (SSSR count). The summed E-state index contributed by atoms with van der Waals surface area (Å²) in [6, 6.07) is 3.80. The van der Waals surface area contributed by atoms with Crippen LogP contribution in [0, 0.1) is 0 Å². The van der Waals surface area contributed by atoms with Crippen molar-refractivity contribution in [3.63, 3.8) is 0 Å². The minimum absolute atomic E-state index is 0.0788. The normalized spacial score (nSPS) is 15.5. The van der Waals surface area contributed by atoms with Gasteiger partial charge in [0.1, 0.15) is 0 Å². The molecule has 0 aliphatic carbocycles. The van der Waals surface area contributed by atoms with Crippen LogP contribution >= 0.6 is 0 Å². The number of pyridine rings is 1. The Morgan fingerprint density at radius 2 is 1.36 bits per heavy atom. The molecule has 0 saturated carbocycles. The first-order valence-electron chi connectivity index (χ1n) is 16.4. The number of nitrogens with zero attached hydrogens (tertiary/aromatic N) is 2. The van der Waals surface area contributed by atoms with Crippen molar-refractivity contribution < 1.29 is 14.3 Å². The number of aromatic nitrogens is 1. The molecule has 1 aromatic heterocycles. The maximum absolute atomic E-state index is 12.4. The molecule has 1 fully saturated rings. The van der Waals surface area contributed by atoms with E-state index >= 15 is 0 Å². The third-order valence-corrected chi connectivity index (χ3v) is 7.18. The van der Waals surface area contributed by atoms with Crippen molar-refractivity contribution in [2.75, 3.05) is 39.4 Å². The summed E-state index contributed by atoms with van der Waals surface area (Å²) in [7, 11) is 0. The molecule has 240 valence electrons. The van der Waals surface area contributed by atoms with E-state index in [4.69, 9.17) is 4.74 Å². The van der Waals surface area contributed by atoms with Gasteiger partial charge < -0.3 is 15.4 Å². The predicted molar refractivity (Wildman–Crippen MR) is 182 cm³/mol. The second-order valence-electron chi connectivity index (χ2n) is 10.7. The molecule has 2 N–H and O–H groups in total. The largest absolute Gasteiger partial charge is 0.379 e. The molecular weight excluding hydrogens is 548 g/mol. The van der Waals surface area contributed by atoms with E-state index in [2.05, 4.69) is 100 Å². The minimum Gasteiger partial charge on any atom is -0.379 e. The quantitative estimate of drug-likeness (QED) is 0.141. The van der Waals surface area contributed by atoms with Gasteiger partial charge in [-0.05, 0) is 69.9 Å². The fourth-order valence-electron chi connectivity index (χ4n) is 4.72. The van der Waals surface area contributed by atoms with E-state index in [0.717, 1.165) is 84.1 Å². The number of hydrogen-bond acceptors (Lipinski definition) is 5. The third-order valence-electron chi connectivity index (χ3n) is 7.18. The van der Waals surface area contributed by atoms with Crippen molar-refractivity contribution in [3.8, 4) is 0 Å². The highest BCUT2D eigenvalue weighted by Crippen LogP contribution is 2.11. The first kappa shape index (κ1) is 36.6. The Hall–Kier alpha value is -3.55. The molecule has 0 aromatic carbocycles. The zero-order valence-electron chi connectivity index (χ0n) is 26.7. The Labute approximate surface area is 265 Å². The van der Waals surface area contributed by atoms with E-state index in [0.29, 0.717) is 25.1 Å². The summed E-state index contributed by atoms with van der Waals surface area (Å²) in [5, 5.41) is 6.08. The van der Waals surface area contributed by atoms with Gasteiger partial charge in [0.15, 0.2) is 0 Å². The lowest BCUT2D eigenvalue weighted by Crippen LogP contribution is -2.46. The van der Waals surface area contributed by atoms with Gasteiger partial charge in [-0.25, -0.2) is 0 Å². The summed E-state index contributed by atoms with van der Waals surface area (Å²) >= 11 is 0. The van der Waals surface area contributed by atoms with Gasteiger partial charge in [-0.2, -0.15) is 0 Å². The standard InChI is InChI=1S/C37H54N4O3/c1-2-3-4-5-6-7-8-9-10-11-12-13-14-15-16-17-18-19-20-23-36(42)39-27-24-35(41-29-31-44-32-30-41)25-28-40-37(43)34-22-21-26-38-33-34/h3-4,6-7,9-10,12-13,15-16,18-19,21-22,26,33,35H,2,5,8,11,14,17,20,23-25,27-32H2,1H3,(H,39,42)(H,40,43)/b4-3-,7-6-,10-9-,13-12-,16-15-,19-18-. The van der Waals surface area contributed by atoms with Crippen molar-refractivity contribution in [1.82, 2.24) is 20.5 Å². The minimum atomic E-state index is -0.110. The van der Waals surface area contributed by atoms with Crippen LogP contribution in [-0.2, 0) is 9.53 Å². The molecule has 1 atom stereocenters. The molecule has 1 aromatic rings. The fraction of sp³-hybridized carbons (Fsp3) is 0.486. The molecule has 2 heterocycles. The highest BCUT2D eigenvalue weighted by atomic mass is 16.5. The number of allylic oxidation sites excluding steroid dienone is 12. The van der Waals surface area contributed by atoms with E-state index < -0.39 is 0 Å². The van der Waals surface area contributed by atoms with E-state index in [1.165, 1.54) is 0 Å². The van der Waals surface area contributed by atoms with Crippen LogP contribution in [0.3, 0.4) is 0 Å². The highest BCUT2D eigenvalue weighted by Gasteiger charge is 2.21.